The number of benzene rings is 2. The summed E-state index contributed by atoms with van der Waals surface area (Å²) in [5.74, 6) is 1.29. The van der Waals surface area contributed by atoms with Gasteiger partial charge >= 0.3 is 0 Å². The van der Waals surface area contributed by atoms with E-state index in [4.69, 9.17) is 10.2 Å². The molecule has 2 N–H and O–H groups in total. The molecule has 0 unspecified atom stereocenters. The molecule has 0 saturated carbocycles. The second kappa shape index (κ2) is 7.44. The van der Waals surface area contributed by atoms with E-state index in [1.54, 1.807) is 0 Å². The molecule has 0 radical (unpaired) electrons. The van der Waals surface area contributed by atoms with Crippen LogP contribution in [0.25, 0.3) is 0 Å². The van der Waals surface area contributed by atoms with Gasteiger partial charge in [-0.2, -0.15) is 0 Å². The minimum atomic E-state index is -0.279. The van der Waals surface area contributed by atoms with Crippen LogP contribution >= 0.6 is 11.8 Å². The summed E-state index contributed by atoms with van der Waals surface area (Å²) >= 11 is 1.53. The van der Waals surface area contributed by atoms with E-state index >= 15 is 0 Å². The van der Waals surface area contributed by atoms with E-state index in [0.717, 1.165) is 11.3 Å². The van der Waals surface area contributed by atoms with Crippen molar-refractivity contribution in [2.45, 2.75) is 30.4 Å². The van der Waals surface area contributed by atoms with Crippen molar-refractivity contribution in [3.8, 4) is 0 Å². The Morgan fingerprint density at radius 3 is 2.61 bits per heavy atom. The Labute approximate surface area is 140 Å². The highest BCUT2D eigenvalue weighted by Crippen LogP contribution is 2.24. The number of aromatic nitrogens is 2. The standard InChI is InChI=1S/C18H19N3OS/c1-13-6-5-9-15(10-13)12-23-18-21-20-17(22-18)16(19)11-14-7-3-2-4-8-14/h2-10,16H,11-12,19H2,1H3/t16-/m0/s1. The van der Waals surface area contributed by atoms with Crippen LogP contribution in [0.5, 0.6) is 0 Å². The van der Waals surface area contributed by atoms with Gasteiger partial charge in [-0.1, -0.05) is 71.9 Å². The Morgan fingerprint density at radius 2 is 1.83 bits per heavy atom. The molecule has 4 nitrogen and oxygen atoms in total. The number of aryl methyl sites for hydroxylation is 1. The van der Waals surface area contributed by atoms with E-state index in [0.29, 0.717) is 17.5 Å². The fourth-order valence-corrected chi connectivity index (χ4v) is 3.04. The second-order valence-corrected chi connectivity index (χ2v) is 6.41. The van der Waals surface area contributed by atoms with Crippen molar-refractivity contribution < 1.29 is 4.42 Å². The molecule has 1 heterocycles. The molecule has 2 aromatic carbocycles. The lowest BCUT2D eigenvalue weighted by molar-refractivity contribution is 0.385. The first-order valence-corrected chi connectivity index (χ1v) is 8.50. The SMILES string of the molecule is Cc1cccc(CSc2nnc([C@@H](N)Cc3ccccc3)o2)c1. The van der Waals surface area contributed by atoms with Gasteiger partial charge in [0, 0.05) is 5.75 Å². The Bertz CT molecular complexity index is 758. The van der Waals surface area contributed by atoms with Gasteiger partial charge in [-0.25, -0.2) is 0 Å². The van der Waals surface area contributed by atoms with Crippen LogP contribution in [0.15, 0.2) is 64.2 Å². The van der Waals surface area contributed by atoms with Crippen molar-refractivity contribution in [3.63, 3.8) is 0 Å². The lowest BCUT2D eigenvalue weighted by Crippen LogP contribution is -2.13. The maximum atomic E-state index is 6.16. The van der Waals surface area contributed by atoms with Crippen molar-refractivity contribution >= 4 is 11.8 Å². The fourth-order valence-electron chi connectivity index (χ4n) is 2.33. The van der Waals surface area contributed by atoms with Crippen LogP contribution in [0.1, 0.15) is 28.6 Å². The first kappa shape index (κ1) is 15.8. The van der Waals surface area contributed by atoms with Crippen LogP contribution in [-0.2, 0) is 12.2 Å². The second-order valence-electron chi connectivity index (χ2n) is 5.48. The van der Waals surface area contributed by atoms with Crippen LogP contribution in [0, 0.1) is 6.92 Å². The number of thioether (sulfide) groups is 1. The Kier molecular flexibility index (Phi) is 5.10. The summed E-state index contributed by atoms with van der Waals surface area (Å²) in [7, 11) is 0. The van der Waals surface area contributed by atoms with Gasteiger partial charge in [-0.05, 0) is 24.5 Å². The third-order valence-electron chi connectivity index (χ3n) is 3.48. The first-order valence-electron chi connectivity index (χ1n) is 7.52. The maximum absolute atomic E-state index is 6.16. The molecule has 0 fully saturated rings. The van der Waals surface area contributed by atoms with Crippen molar-refractivity contribution in [2.24, 2.45) is 5.73 Å². The lowest BCUT2D eigenvalue weighted by Gasteiger charge is -2.06. The Hall–Kier alpha value is -2.11. The van der Waals surface area contributed by atoms with Crippen molar-refractivity contribution in [1.29, 1.82) is 0 Å². The molecule has 3 rings (SSSR count). The van der Waals surface area contributed by atoms with Crippen LogP contribution in [0.4, 0.5) is 0 Å². The summed E-state index contributed by atoms with van der Waals surface area (Å²) in [6, 6.07) is 18.2. The largest absolute Gasteiger partial charge is 0.414 e. The summed E-state index contributed by atoms with van der Waals surface area (Å²) in [6.45, 7) is 2.08. The lowest BCUT2D eigenvalue weighted by atomic mass is 10.1. The maximum Gasteiger partial charge on any atom is 0.276 e. The van der Waals surface area contributed by atoms with Gasteiger partial charge < -0.3 is 10.2 Å². The number of rotatable bonds is 6. The third kappa shape index (κ3) is 4.43. The highest BCUT2D eigenvalue weighted by molar-refractivity contribution is 7.98. The zero-order chi connectivity index (χ0) is 16.1. The molecule has 0 aliphatic carbocycles. The molecule has 1 atom stereocenters. The summed E-state index contributed by atoms with van der Waals surface area (Å²) in [6.07, 6.45) is 0.686. The number of nitrogens with zero attached hydrogens (tertiary/aromatic N) is 2. The quantitative estimate of drug-likeness (QED) is 0.696. The van der Waals surface area contributed by atoms with Gasteiger partial charge in [0.05, 0.1) is 6.04 Å². The van der Waals surface area contributed by atoms with Gasteiger partial charge in [0.15, 0.2) is 0 Å². The van der Waals surface area contributed by atoms with E-state index in [2.05, 4.69) is 41.4 Å². The monoisotopic (exact) mass is 325 g/mol. The first-order chi connectivity index (χ1) is 11.2. The van der Waals surface area contributed by atoms with Gasteiger partial charge in [0.1, 0.15) is 0 Å². The molecule has 5 heteroatoms. The molecular formula is C18H19N3OS. The van der Waals surface area contributed by atoms with Crippen LogP contribution < -0.4 is 5.73 Å². The van der Waals surface area contributed by atoms with E-state index < -0.39 is 0 Å². The normalized spacial score (nSPS) is 12.3. The highest BCUT2D eigenvalue weighted by Gasteiger charge is 2.15. The van der Waals surface area contributed by atoms with Crippen LogP contribution in [0.2, 0.25) is 0 Å². The van der Waals surface area contributed by atoms with Gasteiger partial charge in [0.2, 0.25) is 5.89 Å². The zero-order valence-electron chi connectivity index (χ0n) is 13.0. The molecule has 0 saturated heterocycles. The van der Waals surface area contributed by atoms with Gasteiger partial charge in [-0.15, -0.1) is 10.2 Å². The molecule has 0 aliphatic heterocycles. The number of hydrogen-bond acceptors (Lipinski definition) is 5. The van der Waals surface area contributed by atoms with Crippen molar-refractivity contribution in [1.82, 2.24) is 10.2 Å². The topological polar surface area (TPSA) is 64.9 Å². The van der Waals surface area contributed by atoms with E-state index in [1.807, 2.05) is 30.3 Å². The summed E-state index contributed by atoms with van der Waals surface area (Å²) in [4.78, 5) is 0. The minimum Gasteiger partial charge on any atom is -0.414 e. The van der Waals surface area contributed by atoms with Crippen molar-refractivity contribution in [2.75, 3.05) is 0 Å². The minimum absolute atomic E-state index is 0.279. The Morgan fingerprint density at radius 1 is 1.04 bits per heavy atom. The molecule has 1 aromatic heterocycles. The molecule has 23 heavy (non-hydrogen) atoms. The summed E-state index contributed by atoms with van der Waals surface area (Å²) in [5.41, 5.74) is 9.81. The number of nitrogens with two attached hydrogens (primary N) is 1. The van der Waals surface area contributed by atoms with E-state index in [9.17, 15) is 0 Å². The molecule has 0 amide bonds. The third-order valence-corrected chi connectivity index (χ3v) is 4.37. The average Bonchev–Trinajstić information content (AvgIpc) is 3.03. The zero-order valence-corrected chi connectivity index (χ0v) is 13.8. The Balaban J connectivity index is 1.59. The van der Waals surface area contributed by atoms with Gasteiger partial charge in [0.25, 0.3) is 5.22 Å². The highest BCUT2D eigenvalue weighted by atomic mass is 32.2. The van der Waals surface area contributed by atoms with Gasteiger partial charge in [-0.3, -0.25) is 0 Å². The molecule has 0 aliphatic rings. The molecule has 3 aromatic rings. The molecule has 0 bridgehead atoms. The van der Waals surface area contributed by atoms with Crippen molar-refractivity contribution in [3.05, 3.63) is 77.2 Å². The summed E-state index contributed by atoms with van der Waals surface area (Å²) in [5, 5.41) is 8.72. The van der Waals surface area contributed by atoms with Crippen LogP contribution in [0.3, 0.4) is 0 Å². The van der Waals surface area contributed by atoms with E-state index in [-0.39, 0.29) is 6.04 Å². The average molecular weight is 325 g/mol. The smallest absolute Gasteiger partial charge is 0.276 e. The molecular weight excluding hydrogens is 306 g/mol. The fraction of sp³-hybridized carbons (Fsp3) is 0.222. The van der Waals surface area contributed by atoms with Crippen LogP contribution in [-0.4, -0.2) is 10.2 Å². The predicted molar refractivity (Wildman–Crippen MR) is 92.1 cm³/mol. The number of hydrogen-bond donors (Lipinski definition) is 1. The molecule has 0 spiro atoms. The summed E-state index contributed by atoms with van der Waals surface area (Å²) < 4.78 is 5.69. The predicted octanol–water partition coefficient (Wildman–Crippen LogP) is 3.91. The molecule has 118 valence electrons. The van der Waals surface area contributed by atoms with E-state index in [1.165, 1.54) is 22.9 Å².